The van der Waals surface area contributed by atoms with Crippen LogP contribution in [0.15, 0.2) is 27.4 Å². The minimum atomic E-state index is -4.52. The van der Waals surface area contributed by atoms with Gasteiger partial charge in [-0.25, -0.2) is 4.79 Å². The van der Waals surface area contributed by atoms with E-state index in [4.69, 9.17) is 0 Å². The SMILES string of the molecule is O=c1[nH]c2cccc(C(F)(F)F)c2o1. The van der Waals surface area contributed by atoms with Crippen molar-refractivity contribution in [1.82, 2.24) is 4.98 Å². The highest BCUT2D eigenvalue weighted by Crippen LogP contribution is 2.33. The maximum atomic E-state index is 12.4. The number of alkyl halides is 3. The number of nitrogens with one attached hydrogen (secondary N) is 1. The zero-order valence-corrected chi connectivity index (χ0v) is 6.68. The van der Waals surface area contributed by atoms with Crippen molar-refractivity contribution in [2.45, 2.75) is 6.18 Å². The summed E-state index contributed by atoms with van der Waals surface area (Å²) in [6.07, 6.45) is -4.52. The maximum absolute atomic E-state index is 12.4. The number of halogens is 3. The van der Waals surface area contributed by atoms with Gasteiger partial charge in [-0.1, -0.05) is 6.07 Å². The number of hydrogen-bond donors (Lipinski definition) is 1. The number of hydrogen-bond acceptors (Lipinski definition) is 2. The zero-order chi connectivity index (χ0) is 10.3. The van der Waals surface area contributed by atoms with Gasteiger partial charge in [-0.3, -0.25) is 4.98 Å². The molecular weight excluding hydrogens is 199 g/mol. The molecule has 0 radical (unpaired) electrons. The van der Waals surface area contributed by atoms with Crippen LogP contribution in [0.3, 0.4) is 0 Å². The molecule has 0 bridgehead atoms. The van der Waals surface area contributed by atoms with Crippen LogP contribution in [0.1, 0.15) is 5.56 Å². The first kappa shape index (κ1) is 8.86. The molecule has 74 valence electrons. The predicted octanol–water partition coefficient (Wildman–Crippen LogP) is 2.14. The summed E-state index contributed by atoms with van der Waals surface area (Å²) < 4.78 is 41.4. The van der Waals surface area contributed by atoms with Crippen molar-refractivity contribution in [2.24, 2.45) is 0 Å². The highest BCUT2D eigenvalue weighted by molar-refractivity contribution is 5.76. The molecule has 1 aromatic carbocycles. The number of H-pyrrole nitrogens is 1. The second-order valence-electron chi connectivity index (χ2n) is 2.69. The topological polar surface area (TPSA) is 46.0 Å². The van der Waals surface area contributed by atoms with Crippen molar-refractivity contribution >= 4 is 11.1 Å². The molecule has 1 heterocycles. The molecule has 0 aliphatic heterocycles. The average Bonchev–Trinajstić information content (AvgIpc) is 2.41. The third-order valence-electron chi connectivity index (χ3n) is 1.75. The molecule has 0 amide bonds. The highest BCUT2D eigenvalue weighted by atomic mass is 19.4. The Morgan fingerprint density at radius 3 is 2.64 bits per heavy atom. The van der Waals surface area contributed by atoms with Crippen LogP contribution < -0.4 is 5.76 Å². The van der Waals surface area contributed by atoms with Gasteiger partial charge in [0.05, 0.1) is 5.52 Å². The van der Waals surface area contributed by atoms with E-state index in [0.717, 1.165) is 6.07 Å². The fourth-order valence-corrected chi connectivity index (χ4v) is 1.20. The molecule has 0 atom stereocenters. The third kappa shape index (κ3) is 1.28. The molecule has 1 N–H and O–H groups in total. The predicted molar refractivity (Wildman–Crippen MR) is 41.8 cm³/mol. The summed E-state index contributed by atoms with van der Waals surface area (Å²) in [6, 6.07) is 3.41. The van der Waals surface area contributed by atoms with Crippen molar-refractivity contribution in [3.8, 4) is 0 Å². The Bertz CT molecular complexity index is 523. The lowest BCUT2D eigenvalue weighted by atomic mass is 10.2. The molecule has 0 unspecified atom stereocenters. The van der Waals surface area contributed by atoms with Gasteiger partial charge < -0.3 is 4.42 Å². The minimum absolute atomic E-state index is 0.0461. The van der Waals surface area contributed by atoms with E-state index in [-0.39, 0.29) is 5.52 Å². The normalized spacial score (nSPS) is 12.2. The van der Waals surface area contributed by atoms with Crippen LogP contribution in [-0.4, -0.2) is 4.98 Å². The molecular formula is C8H4F3NO2. The molecule has 2 rings (SSSR count). The van der Waals surface area contributed by atoms with E-state index in [9.17, 15) is 18.0 Å². The summed E-state index contributed by atoms with van der Waals surface area (Å²) >= 11 is 0. The fourth-order valence-electron chi connectivity index (χ4n) is 1.20. The molecule has 0 aliphatic carbocycles. The summed E-state index contributed by atoms with van der Waals surface area (Å²) in [4.78, 5) is 12.8. The summed E-state index contributed by atoms with van der Waals surface area (Å²) in [5.74, 6) is -0.892. The van der Waals surface area contributed by atoms with E-state index in [1.54, 1.807) is 0 Å². The Kier molecular flexibility index (Phi) is 1.67. The zero-order valence-electron chi connectivity index (χ0n) is 6.68. The van der Waals surface area contributed by atoms with Crippen LogP contribution in [-0.2, 0) is 6.18 Å². The van der Waals surface area contributed by atoms with Gasteiger partial charge in [-0.15, -0.1) is 0 Å². The van der Waals surface area contributed by atoms with E-state index < -0.39 is 23.1 Å². The largest absolute Gasteiger partial charge is 0.420 e. The van der Waals surface area contributed by atoms with Gasteiger partial charge in [-0.05, 0) is 12.1 Å². The van der Waals surface area contributed by atoms with Crippen molar-refractivity contribution in [3.63, 3.8) is 0 Å². The number of fused-ring (bicyclic) bond motifs is 1. The lowest BCUT2D eigenvalue weighted by Gasteiger charge is -2.05. The first-order chi connectivity index (χ1) is 6.48. The Labute approximate surface area is 75.2 Å². The lowest BCUT2D eigenvalue weighted by molar-refractivity contribution is -0.136. The second kappa shape index (κ2) is 2.63. The minimum Gasteiger partial charge on any atom is -0.407 e. The van der Waals surface area contributed by atoms with Crippen molar-refractivity contribution in [1.29, 1.82) is 0 Å². The second-order valence-corrected chi connectivity index (χ2v) is 2.69. The third-order valence-corrected chi connectivity index (χ3v) is 1.75. The van der Waals surface area contributed by atoms with E-state index in [1.165, 1.54) is 12.1 Å². The first-order valence-electron chi connectivity index (χ1n) is 3.67. The van der Waals surface area contributed by atoms with Crippen molar-refractivity contribution < 1.29 is 17.6 Å². The number of aromatic nitrogens is 1. The van der Waals surface area contributed by atoms with Gasteiger partial charge in [0.2, 0.25) is 0 Å². The lowest BCUT2D eigenvalue weighted by Crippen LogP contribution is -2.04. The van der Waals surface area contributed by atoms with Gasteiger partial charge in [0, 0.05) is 0 Å². The number of rotatable bonds is 0. The summed E-state index contributed by atoms with van der Waals surface area (Å²) in [5, 5.41) is 0. The molecule has 2 aromatic rings. The smallest absolute Gasteiger partial charge is 0.407 e. The van der Waals surface area contributed by atoms with Gasteiger partial charge in [-0.2, -0.15) is 13.2 Å². The summed E-state index contributed by atoms with van der Waals surface area (Å²) in [6.45, 7) is 0. The van der Waals surface area contributed by atoms with Crippen LogP contribution in [0.25, 0.3) is 11.1 Å². The monoisotopic (exact) mass is 203 g/mol. The molecule has 0 fully saturated rings. The Balaban J connectivity index is 2.83. The van der Waals surface area contributed by atoms with Gasteiger partial charge in [0.15, 0.2) is 5.58 Å². The highest BCUT2D eigenvalue weighted by Gasteiger charge is 2.34. The van der Waals surface area contributed by atoms with Gasteiger partial charge in [0.25, 0.3) is 0 Å². The fraction of sp³-hybridized carbons (Fsp3) is 0.125. The number of aromatic amines is 1. The molecule has 1 aromatic heterocycles. The quantitative estimate of drug-likeness (QED) is 0.712. The van der Waals surface area contributed by atoms with E-state index in [1.807, 2.05) is 0 Å². The number of benzene rings is 1. The Hall–Kier alpha value is -1.72. The van der Waals surface area contributed by atoms with E-state index >= 15 is 0 Å². The van der Waals surface area contributed by atoms with E-state index in [2.05, 4.69) is 9.40 Å². The van der Waals surface area contributed by atoms with E-state index in [0.29, 0.717) is 0 Å². The van der Waals surface area contributed by atoms with Crippen molar-refractivity contribution in [2.75, 3.05) is 0 Å². The summed E-state index contributed by atoms with van der Waals surface area (Å²) in [5.41, 5.74) is -1.36. The molecule has 6 heteroatoms. The molecule has 0 saturated heterocycles. The average molecular weight is 203 g/mol. The van der Waals surface area contributed by atoms with Crippen LogP contribution in [0, 0.1) is 0 Å². The van der Waals surface area contributed by atoms with Crippen LogP contribution in [0.5, 0.6) is 0 Å². The Morgan fingerprint density at radius 2 is 2.00 bits per heavy atom. The first-order valence-corrected chi connectivity index (χ1v) is 3.67. The van der Waals surface area contributed by atoms with Gasteiger partial charge in [0.1, 0.15) is 5.56 Å². The van der Waals surface area contributed by atoms with Gasteiger partial charge >= 0.3 is 11.9 Å². The number of oxazole rings is 1. The molecule has 14 heavy (non-hydrogen) atoms. The summed E-state index contributed by atoms with van der Waals surface area (Å²) in [7, 11) is 0. The van der Waals surface area contributed by atoms with Crippen molar-refractivity contribution in [3.05, 3.63) is 34.3 Å². The van der Waals surface area contributed by atoms with Crippen LogP contribution in [0.2, 0.25) is 0 Å². The van der Waals surface area contributed by atoms with Crippen LogP contribution in [0.4, 0.5) is 13.2 Å². The standard InChI is InChI=1S/C8H4F3NO2/c9-8(10,11)4-2-1-3-5-6(4)14-7(13)12-5/h1-3H,(H,12,13). The molecule has 3 nitrogen and oxygen atoms in total. The number of para-hydroxylation sites is 1. The maximum Gasteiger partial charge on any atom is 0.420 e. The Morgan fingerprint density at radius 1 is 1.29 bits per heavy atom. The molecule has 0 saturated carbocycles. The molecule has 0 spiro atoms. The molecule has 0 aliphatic rings. The van der Waals surface area contributed by atoms with Crippen LogP contribution >= 0.6 is 0 Å².